The highest BCUT2D eigenvalue weighted by Crippen LogP contribution is 2.43. The summed E-state index contributed by atoms with van der Waals surface area (Å²) < 4.78 is 20.7. The van der Waals surface area contributed by atoms with Gasteiger partial charge in [-0.15, -0.1) is 0 Å². The Morgan fingerprint density at radius 2 is 1.16 bits per heavy atom. The number of hydrogen-bond donors (Lipinski definition) is 1. The molecule has 7 heteroatoms. The smallest absolute Gasteiger partial charge is 0.250 e. The van der Waals surface area contributed by atoms with Crippen LogP contribution in [-0.2, 0) is 15.5 Å². The summed E-state index contributed by atoms with van der Waals surface area (Å²) >= 11 is 0. The van der Waals surface area contributed by atoms with Crippen molar-refractivity contribution in [1.82, 2.24) is 5.32 Å². The molecule has 0 aliphatic heterocycles. The maximum atomic E-state index is 7.05. The lowest BCUT2D eigenvalue weighted by Gasteiger charge is -2.41. The van der Waals surface area contributed by atoms with Gasteiger partial charge in [-0.25, -0.2) is 0 Å². The van der Waals surface area contributed by atoms with Crippen LogP contribution in [0.3, 0.4) is 0 Å². The van der Waals surface area contributed by atoms with Crippen LogP contribution >= 0.6 is 0 Å². The van der Waals surface area contributed by atoms with Gasteiger partial charge in [-0.1, -0.05) is 68.4 Å². The number of benzene rings is 1. The van der Waals surface area contributed by atoms with Gasteiger partial charge >= 0.3 is 0 Å². The van der Waals surface area contributed by atoms with E-state index in [2.05, 4.69) is 146 Å². The van der Waals surface area contributed by atoms with Crippen molar-refractivity contribution in [2.45, 2.75) is 156 Å². The Kier molecular flexibility index (Phi) is 11.1. The fourth-order valence-corrected chi connectivity index (χ4v) is 6.36. The van der Waals surface area contributed by atoms with Crippen LogP contribution in [0.15, 0.2) is 18.2 Å². The predicted molar refractivity (Wildman–Crippen MR) is 175 cm³/mol. The second-order valence-corrected chi connectivity index (χ2v) is 31.1. The monoisotopic (exact) mass is 581 g/mol. The van der Waals surface area contributed by atoms with Gasteiger partial charge in [0.25, 0.3) is 0 Å². The molecule has 0 aromatic heterocycles. The van der Waals surface area contributed by atoms with Crippen molar-refractivity contribution in [1.29, 1.82) is 0 Å². The molecule has 38 heavy (non-hydrogen) atoms. The van der Waals surface area contributed by atoms with Crippen LogP contribution in [0.2, 0.25) is 54.4 Å². The first-order chi connectivity index (χ1) is 16.6. The van der Waals surface area contributed by atoms with E-state index >= 15 is 0 Å². The molecular weight excluding hydrogens is 519 g/mol. The first kappa shape index (κ1) is 35.6. The lowest BCUT2D eigenvalue weighted by molar-refractivity contribution is 0.169. The highest BCUT2D eigenvalue weighted by molar-refractivity contribution is 6.75. The first-order valence-electron chi connectivity index (χ1n) is 14.5. The molecule has 1 aromatic carbocycles. The molecule has 1 rings (SSSR count). The van der Waals surface area contributed by atoms with Crippen molar-refractivity contribution >= 4 is 25.0 Å². The maximum Gasteiger partial charge on any atom is 0.250 e. The molecule has 1 atom stereocenters. The van der Waals surface area contributed by atoms with Crippen LogP contribution in [0.1, 0.15) is 100 Å². The maximum absolute atomic E-state index is 7.05. The second kappa shape index (κ2) is 11.8. The summed E-state index contributed by atoms with van der Waals surface area (Å²) in [6.07, 6.45) is -0.0383. The van der Waals surface area contributed by atoms with E-state index in [9.17, 15) is 0 Å². The highest BCUT2D eigenvalue weighted by Gasteiger charge is 2.42. The molecule has 0 bridgehead atoms. The standard InChI is InChI=1S/C31H63NO3Si3/c1-28(2,3)32-22-27(35-38(17,18)31(10,11)12)24-19-20-26(34-37(15,16)30(7,8)9)25(21-24)23-33-36(13,14)29(4,5)6/h19-21,27,32H,22-23H2,1-18H3. The van der Waals surface area contributed by atoms with Gasteiger partial charge in [0.1, 0.15) is 5.75 Å². The molecule has 0 saturated carbocycles. The summed E-state index contributed by atoms with van der Waals surface area (Å²) in [5, 5.41) is 4.11. The van der Waals surface area contributed by atoms with Crippen molar-refractivity contribution in [3.8, 4) is 5.75 Å². The summed E-state index contributed by atoms with van der Waals surface area (Å²) in [5.74, 6) is 0.967. The van der Waals surface area contributed by atoms with Crippen LogP contribution < -0.4 is 9.74 Å². The van der Waals surface area contributed by atoms with E-state index in [-0.39, 0.29) is 26.8 Å². The minimum atomic E-state index is -2.02. The predicted octanol–water partition coefficient (Wildman–Crippen LogP) is 10.0. The van der Waals surface area contributed by atoms with Crippen LogP contribution in [0.25, 0.3) is 0 Å². The molecule has 1 N–H and O–H groups in total. The van der Waals surface area contributed by atoms with Crippen LogP contribution in [0, 0.1) is 0 Å². The number of rotatable bonds is 10. The highest BCUT2D eigenvalue weighted by atomic mass is 28.4. The van der Waals surface area contributed by atoms with Gasteiger partial charge in [0.15, 0.2) is 16.6 Å². The Morgan fingerprint density at radius 1 is 0.684 bits per heavy atom. The van der Waals surface area contributed by atoms with E-state index in [1.807, 2.05) is 0 Å². The Hall–Kier alpha value is -0.449. The van der Waals surface area contributed by atoms with Gasteiger partial charge < -0.3 is 18.6 Å². The SMILES string of the molecule is CC(C)(C)NCC(O[Si](C)(C)C(C)(C)C)c1ccc(O[Si](C)(C)C(C)(C)C)c(CO[Si](C)(C)C(C)(C)C)c1. The molecule has 4 nitrogen and oxygen atoms in total. The lowest BCUT2D eigenvalue weighted by Crippen LogP contribution is -2.46. The molecule has 0 aliphatic rings. The third kappa shape index (κ3) is 9.88. The van der Waals surface area contributed by atoms with Gasteiger partial charge in [-0.05, 0) is 92.9 Å². The topological polar surface area (TPSA) is 39.7 Å². The van der Waals surface area contributed by atoms with Gasteiger partial charge in [0.2, 0.25) is 8.32 Å². The molecule has 0 amide bonds. The Morgan fingerprint density at radius 3 is 1.58 bits per heavy atom. The number of nitrogens with one attached hydrogen (secondary N) is 1. The largest absolute Gasteiger partial charge is 0.543 e. The van der Waals surface area contributed by atoms with E-state index in [1.54, 1.807) is 0 Å². The zero-order chi connectivity index (χ0) is 30.2. The van der Waals surface area contributed by atoms with Gasteiger partial charge in [0.05, 0.1) is 12.7 Å². The normalized spacial score (nSPS) is 15.5. The van der Waals surface area contributed by atoms with Crippen molar-refractivity contribution in [2.75, 3.05) is 6.54 Å². The summed E-state index contributed by atoms with van der Waals surface area (Å²) in [5.41, 5.74) is 2.34. The molecule has 0 saturated heterocycles. The van der Waals surface area contributed by atoms with Crippen molar-refractivity contribution in [3.05, 3.63) is 29.3 Å². The fourth-order valence-electron chi connectivity index (χ4n) is 3.07. The number of hydrogen-bond acceptors (Lipinski definition) is 4. The van der Waals surface area contributed by atoms with E-state index in [4.69, 9.17) is 13.3 Å². The van der Waals surface area contributed by atoms with E-state index in [0.717, 1.165) is 17.9 Å². The van der Waals surface area contributed by atoms with Crippen molar-refractivity contribution in [2.24, 2.45) is 0 Å². The quantitative estimate of drug-likeness (QED) is 0.279. The summed E-state index contributed by atoms with van der Waals surface area (Å²) in [4.78, 5) is 0. The Labute approximate surface area is 240 Å². The molecule has 1 unspecified atom stereocenters. The lowest BCUT2D eigenvalue weighted by atomic mass is 10.0. The van der Waals surface area contributed by atoms with Crippen LogP contribution in [0.4, 0.5) is 0 Å². The molecule has 0 fully saturated rings. The average molecular weight is 582 g/mol. The minimum absolute atomic E-state index is 0.00863. The molecule has 0 spiro atoms. The molecule has 222 valence electrons. The van der Waals surface area contributed by atoms with Crippen molar-refractivity contribution < 1.29 is 13.3 Å². The van der Waals surface area contributed by atoms with Gasteiger partial charge in [-0.2, -0.15) is 0 Å². The Balaban J connectivity index is 3.60. The Bertz CT molecular complexity index is 914. The van der Waals surface area contributed by atoms with E-state index in [0.29, 0.717) is 6.61 Å². The van der Waals surface area contributed by atoms with Crippen LogP contribution in [0.5, 0.6) is 5.75 Å². The summed E-state index contributed by atoms with van der Waals surface area (Å²) in [6, 6.07) is 6.71. The molecule has 0 radical (unpaired) electrons. The van der Waals surface area contributed by atoms with E-state index < -0.39 is 25.0 Å². The molecular formula is C31H63NO3Si3. The third-order valence-electron chi connectivity index (χ3n) is 9.08. The first-order valence-corrected chi connectivity index (χ1v) is 23.2. The van der Waals surface area contributed by atoms with Gasteiger partial charge in [0, 0.05) is 17.6 Å². The molecule has 0 aliphatic carbocycles. The average Bonchev–Trinajstić information content (AvgIpc) is 2.67. The van der Waals surface area contributed by atoms with Crippen LogP contribution in [-0.4, -0.2) is 37.0 Å². The minimum Gasteiger partial charge on any atom is -0.543 e. The fraction of sp³-hybridized carbons (Fsp3) is 0.806. The molecule has 1 aromatic rings. The van der Waals surface area contributed by atoms with Crippen molar-refractivity contribution in [3.63, 3.8) is 0 Å². The summed E-state index contributed by atoms with van der Waals surface area (Å²) in [7, 11) is -5.96. The van der Waals surface area contributed by atoms with E-state index in [1.165, 1.54) is 5.56 Å². The zero-order valence-electron chi connectivity index (χ0n) is 28.4. The van der Waals surface area contributed by atoms with Gasteiger partial charge in [-0.3, -0.25) is 0 Å². The zero-order valence-corrected chi connectivity index (χ0v) is 31.4. The summed E-state index contributed by atoms with van der Waals surface area (Å²) in [6.45, 7) is 42.6. The third-order valence-corrected chi connectivity index (χ3v) is 22.4. The second-order valence-electron chi connectivity index (χ2n) is 16.8. The molecule has 0 heterocycles.